The molecule has 0 aliphatic rings. The van der Waals surface area contributed by atoms with Crippen LogP contribution >= 0.6 is 0 Å². The maximum atomic E-state index is 12.9. The average molecular weight is 512 g/mol. The Hall–Kier alpha value is -0.819. The van der Waals surface area contributed by atoms with Crippen molar-refractivity contribution in [3.05, 3.63) is 42.0 Å². The molecule has 0 unspecified atom stereocenters. The third-order valence-corrected chi connectivity index (χ3v) is 16.7. The van der Waals surface area contributed by atoms with Crippen LogP contribution in [0.3, 0.4) is 0 Å². The summed E-state index contributed by atoms with van der Waals surface area (Å²) in [4.78, 5) is 0.355. The fraction of sp³-hybridized carbons (Fsp3) is 0.565. The van der Waals surface area contributed by atoms with E-state index in [0.717, 1.165) is 23.2 Å². The summed E-state index contributed by atoms with van der Waals surface area (Å²) in [6, 6.07) is 12.7. The van der Waals surface area contributed by atoms with Gasteiger partial charge < -0.3 is 8.23 Å². The van der Waals surface area contributed by atoms with Crippen LogP contribution in [0.2, 0.25) is 51.9 Å². The van der Waals surface area contributed by atoms with Gasteiger partial charge in [-0.2, -0.15) is 4.31 Å². The molecule has 180 valence electrons. The van der Waals surface area contributed by atoms with Gasteiger partial charge in [-0.25, -0.2) is 8.42 Å². The first kappa shape index (κ1) is 27.4. The molecule has 0 N–H and O–H groups in total. The van der Waals surface area contributed by atoms with Gasteiger partial charge in [0.2, 0.25) is 10.0 Å². The highest BCUT2D eigenvalue weighted by atomic mass is 32.2. The van der Waals surface area contributed by atoms with Crippen LogP contribution in [-0.2, 0) is 24.7 Å². The number of aryl methyl sites for hydroxylation is 1. The van der Waals surface area contributed by atoms with Crippen molar-refractivity contribution < 1.29 is 16.6 Å². The van der Waals surface area contributed by atoms with Crippen molar-refractivity contribution >= 4 is 46.0 Å². The first-order valence-corrected chi connectivity index (χ1v) is 22.3. The number of fused-ring (bicyclic) bond motifs is 1. The maximum Gasteiger partial charge on any atom is 0.314 e. The third kappa shape index (κ3) is 7.61. The minimum Gasteiger partial charge on any atom is -0.437 e. The van der Waals surface area contributed by atoms with Crippen molar-refractivity contribution in [1.29, 1.82) is 0 Å². The average Bonchev–Trinajstić information content (AvgIpc) is 2.63. The Labute approximate surface area is 198 Å². The van der Waals surface area contributed by atoms with Gasteiger partial charge in [0, 0.05) is 13.1 Å². The Balaban J connectivity index is 2.27. The van der Waals surface area contributed by atoms with Gasteiger partial charge >= 0.3 is 8.56 Å². The Kier molecular flexibility index (Phi) is 8.75. The zero-order valence-corrected chi connectivity index (χ0v) is 25.1. The summed E-state index contributed by atoms with van der Waals surface area (Å²) in [5.41, 5.74) is 1.23. The van der Waals surface area contributed by atoms with E-state index in [1.165, 1.54) is 9.87 Å². The molecule has 0 saturated carbocycles. The van der Waals surface area contributed by atoms with E-state index in [-0.39, 0.29) is 0 Å². The number of nitrogens with zero attached hydrogens (tertiary/aromatic N) is 1. The van der Waals surface area contributed by atoms with Crippen LogP contribution in [0.5, 0.6) is 0 Å². The zero-order valence-electron chi connectivity index (χ0n) is 21.3. The largest absolute Gasteiger partial charge is 0.437 e. The van der Waals surface area contributed by atoms with Crippen LogP contribution in [0.1, 0.15) is 19.4 Å². The number of rotatable bonds is 11. The molecule has 0 aromatic heterocycles. The SMILES string of the molecule is CCN(CC)S(=O)(=O)c1ccc2cc(CC[Si](C)(O[Si](C)(C)C)O[Si](C)(C)C)ccc2c1. The molecular weight excluding hydrogens is 471 g/mol. The van der Waals surface area contributed by atoms with Crippen molar-refractivity contribution in [2.75, 3.05) is 13.1 Å². The second kappa shape index (κ2) is 10.2. The minimum absolute atomic E-state index is 0.355. The quantitative estimate of drug-likeness (QED) is 0.338. The van der Waals surface area contributed by atoms with Crippen LogP contribution in [0.4, 0.5) is 0 Å². The molecule has 0 heterocycles. The number of hydrogen-bond donors (Lipinski definition) is 0. The third-order valence-electron chi connectivity index (χ3n) is 5.13. The van der Waals surface area contributed by atoms with E-state index in [2.05, 4.69) is 58.0 Å². The molecule has 0 radical (unpaired) electrons. The normalized spacial score (nSPS) is 13.8. The first-order chi connectivity index (χ1) is 14.6. The summed E-state index contributed by atoms with van der Waals surface area (Å²) in [5, 5.41) is 2.00. The minimum atomic E-state index is -3.45. The fourth-order valence-electron chi connectivity index (χ4n) is 4.09. The van der Waals surface area contributed by atoms with Crippen molar-refractivity contribution in [3.8, 4) is 0 Å². The Morgan fingerprint density at radius 2 is 1.28 bits per heavy atom. The summed E-state index contributed by atoms with van der Waals surface area (Å²) >= 11 is 0. The number of hydrogen-bond acceptors (Lipinski definition) is 4. The molecule has 0 aliphatic heterocycles. The van der Waals surface area contributed by atoms with E-state index in [1.54, 1.807) is 12.1 Å². The van der Waals surface area contributed by atoms with Crippen molar-refractivity contribution in [1.82, 2.24) is 4.31 Å². The Morgan fingerprint density at radius 1 is 0.781 bits per heavy atom. The lowest BCUT2D eigenvalue weighted by Crippen LogP contribution is -2.52. The molecule has 5 nitrogen and oxygen atoms in total. The molecule has 0 bridgehead atoms. The standard InChI is InChI=1S/C23H41NO4SSi3/c1-10-24(11-2)29(25,26)23-15-14-21-18-20(12-13-22(21)19-23)16-17-32(9,27-30(3,4)5)28-31(6,7)8/h12-15,18-19H,10-11,16-17H2,1-9H3. The van der Waals surface area contributed by atoms with Crippen LogP contribution in [0, 0.1) is 0 Å². The predicted molar refractivity (Wildman–Crippen MR) is 143 cm³/mol. The summed E-state index contributed by atoms with van der Waals surface area (Å²) < 4.78 is 40.5. The Bertz CT molecular complexity index is 1010. The molecular formula is C23H41NO4SSi3. The fourth-order valence-corrected chi connectivity index (χ4v) is 18.0. The highest BCUT2D eigenvalue weighted by Crippen LogP contribution is 2.28. The lowest BCUT2D eigenvalue weighted by molar-refractivity contribution is 0.383. The van der Waals surface area contributed by atoms with Crippen molar-refractivity contribution in [2.24, 2.45) is 0 Å². The summed E-state index contributed by atoms with van der Waals surface area (Å²) in [5.74, 6) is 0. The molecule has 2 aromatic rings. The van der Waals surface area contributed by atoms with Crippen molar-refractivity contribution in [3.63, 3.8) is 0 Å². The molecule has 0 amide bonds. The van der Waals surface area contributed by atoms with Crippen LogP contribution < -0.4 is 0 Å². The second-order valence-electron chi connectivity index (χ2n) is 10.5. The molecule has 2 rings (SSSR count). The monoisotopic (exact) mass is 511 g/mol. The first-order valence-electron chi connectivity index (χ1n) is 11.5. The smallest absolute Gasteiger partial charge is 0.314 e. The van der Waals surface area contributed by atoms with Gasteiger partial charge in [0.05, 0.1) is 4.90 Å². The molecule has 2 aromatic carbocycles. The summed E-state index contributed by atoms with van der Waals surface area (Å²) in [7, 11) is -9.17. The molecule has 9 heteroatoms. The van der Waals surface area contributed by atoms with E-state index in [4.69, 9.17) is 8.23 Å². The van der Waals surface area contributed by atoms with Crippen molar-refractivity contribution in [2.45, 2.75) is 77.0 Å². The lowest BCUT2D eigenvalue weighted by Gasteiger charge is -2.38. The van der Waals surface area contributed by atoms with Gasteiger partial charge in [0.15, 0.2) is 16.6 Å². The van der Waals surface area contributed by atoms with Gasteiger partial charge in [0.25, 0.3) is 0 Å². The molecule has 0 aliphatic carbocycles. The van der Waals surface area contributed by atoms with Gasteiger partial charge in [-0.3, -0.25) is 0 Å². The number of sulfonamides is 1. The second-order valence-corrected chi connectivity index (χ2v) is 25.3. The Morgan fingerprint density at radius 3 is 1.78 bits per heavy atom. The molecule has 0 atom stereocenters. The highest BCUT2D eigenvalue weighted by molar-refractivity contribution is 7.89. The van der Waals surface area contributed by atoms with Crippen LogP contribution in [0.25, 0.3) is 10.8 Å². The number of benzene rings is 2. The van der Waals surface area contributed by atoms with Gasteiger partial charge in [0.1, 0.15) is 0 Å². The van der Waals surface area contributed by atoms with Crippen LogP contribution in [-0.4, -0.2) is 51.0 Å². The lowest BCUT2D eigenvalue weighted by atomic mass is 10.1. The van der Waals surface area contributed by atoms with E-state index < -0.39 is 35.2 Å². The van der Waals surface area contributed by atoms with E-state index >= 15 is 0 Å². The predicted octanol–water partition coefficient (Wildman–Crippen LogP) is 6.19. The maximum absolute atomic E-state index is 12.9. The zero-order chi connectivity index (χ0) is 24.4. The van der Waals surface area contributed by atoms with E-state index in [9.17, 15) is 8.42 Å². The topological polar surface area (TPSA) is 55.8 Å². The van der Waals surface area contributed by atoms with E-state index in [1.807, 2.05) is 26.0 Å². The van der Waals surface area contributed by atoms with Gasteiger partial charge in [-0.1, -0.05) is 38.1 Å². The van der Waals surface area contributed by atoms with Gasteiger partial charge in [-0.05, 0) is 86.8 Å². The molecule has 32 heavy (non-hydrogen) atoms. The van der Waals surface area contributed by atoms with Gasteiger partial charge in [-0.15, -0.1) is 0 Å². The molecule has 0 spiro atoms. The summed E-state index contributed by atoms with van der Waals surface area (Å²) in [6.45, 7) is 20.3. The highest BCUT2D eigenvalue weighted by Gasteiger charge is 2.39. The van der Waals surface area contributed by atoms with Crippen LogP contribution in [0.15, 0.2) is 41.3 Å². The molecule has 0 fully saturated rings. The molecule has 0 saturated heterocycles. The summed E-state index contributed by atoms with van der Waals surface area (Å²) in [6.07, 6.45) is 0.896. The van der Waals surface area contributed by atoms with E-state index in [0.29, 0.717) is 18.0 Å².